The van der Waals surface area contributed by atoms with Gasteiger partial charge in [0.15, 0.2) is 6.10 Å². The van der Waals surface area contributed by atoms with E-state index in [0.29, 0.717) is 5.56 Å². The first-order chi connectivity index (χ1) is 12.0. The molecule has 0 aliphatic heterocycles. The van der Waals surface area contributed by atoms with E-state index in [2.05, 4.69) is 10.6 Å². The third-order valence-corrected chi connectivity index (χ3v) is 3.11. The molecule has 0 aromatic heterocycles. The maximum atomic E-state index is 13.5. The van der Waals surface area contributed by atoms with Crippen LogP contribution in [0.15, 0.2) is 18.2 Å². The standard InChI is InChI=1S/C18H25FN2O5/c1-11-6-7-13(10-14(11)19)21-16(23)12(2)25-15(22)8-9-20-17(24)26-18(3,4)5/h6-7,10,12H,8-9H2,1-5H3,(H,20,24)(H,21,23). The van der Waals surface area contributed by atoms with Crippen LogP contribution in [0.4, 0.5) is 14.9 Å². The molecule has 0 heterocycles. The van der Waals surface area contributed by atoms with Gasteiger partial charge in [-0.15, -0.1) is 0 Å². The number of hydrogen-bond acceptors (Lipinski definition) is 5. The van der Waals surface area contributed by atoms with Crippen molar-refractivity contribution in [1.82, 2.24) is 5.32 Å². The van der Waals surface area contributed by atoms with Crippen LogP contribution in [0.2, 0.25) is 0 Å². The first-order valence-electron chi connectivity index (χ1n) is 8.21. The van der Waals surface area contributed by atoms with Gasteiger partial charge in [0.1, 0.15) is 11.4 Å². The molecule has 2 N–H and O–H groups in total. The summed E-state index contributed by atoms with van der Waals surface area (Å²) in [5.41, 5.74) is 0.0969. The largest absolute Gasteiger partial charge is 0.452 e. The van der Waals surface area contributed by atoms with Crippen LogP contribution in [0.1, 0.15) is 39.7 Å². The molecule has 0 bridgehead atoms. The molecule has 1 aromatic rings. The van der Waals surface area contributed by atoms with E-state index < -0.39 is 35.5 Å². The Morgan fingerprint density at radius 1 is 1.23 bits per heavy atom. The summed E-state index contributed by atoms with van der Waals surface area (Å²) in [7, 11) is 0. The van der Waals surface area contributed by atoms with Crippen molar-refractivity contribution in [3.05, 3.63) is 29.6 Å². The molecule has 1 aromatic carbocycles. The minimum Gasteiger partial charge on any atom is -0.452 e. The van der Waals surface area contributed by atoms with Crippen LogP contribution < -0.4 is 10.6 Å². The quantitative estimate of drug-likeness (QED) is 0.753. The Morgan fingerprint density at radius 2 is 1.88 bits per heavy atom. The van der Waals surface area contributed by atoms with E-state index in [1.54, 1.807) is 33.8 Å². The fourth-order valence-electron chi connectivity index (χ4n) is 1.80. The zero-order valence-corrected chi connectivity index (χ0v) is 15.6. The SMILES string of the molecule is Cc1ccc(NC(=O)C(C)OC(=O)CCNC(=O)OC(C)(C)C)cc1F. The van der Waals surface area contributed by atoms with E-state index in [1.807, 2.05) is 0 Å². The molecule has 0 radical (unpaired) electrons. The van der Waals surface area contributed by atoms with Crippen molar-refractivity contribution in [2.24, 2.45) is 0 Å². The number of amides is 2. The van der Waals surface area contributed by atoms with Crippen molar-refractivity contribution in [2.45, 2.75) is 52.7 Å². The zero-order valence-electron chi connectivity index (χ0n) is 15.6. The Bertz CT molecular complexity index is 670. The second-order valence-corrected chi connectivity index (χ2v) is 6.76. The monoisotopic (exact) mass is 368 g/mol. The summed E-state index contributed by atoms with van der Waals surface area (Å²) in [5.74, 6) is -1.68. The highest BCUT2D eigenvalue weighted by molar-refractivity contribution is 5.95. The molecule has 0 fully saturated rings. The molecule has 0 spiro atoms. The van der Waals surface area contributed by atoms with Crippen LogP contribution in [0, 0.1) is 12.7 Å². The molecule has 26 heavy (non-hydrogen) atoms. The summed E-state index contributed by atoms with van der Waals surface area (Å²) in [6.07, 6.45) is -1.82. The third kappa shape index (κ3) is 7.96. The molecule has 1 atom stereocenters. The van der Waals surface area contributed by atoms with Crippen molar-refractivity contribution in [3.63, 3.8) is 0 Å². The highest BCUT2D eigenvalue weighted by atomic mass is 19.1. The van der Waals surface area contributed by atoms with E-state index in [9.17, 15) is 18.8 Å². The summed E-state index contributed by atoms with van der Waals surface area (Å²) in [6.45, 7) is 8.20. The molecular formula is C18H25FN2O5. The van der Waals surface area contributed by atoms with Gasteiger partial charge < -0.3 is 20.1 Å². The number of halogens is 1. The molecule has 1 unspecified atom stereocenters. The molecule has 0 aliphatic rings. The average molecular weight is 368 g/mol. The number of aryl methyl sites for hydroxylation is 1. The normalized spacial score (nSPS) is 12.1. The summed E-state index contributed by atoms with van der Waals surface area (Å²) in [5, 5.41) is 4.89. The zero-order chi connectivity index (χ0) is 19.9. The maximum Gasteiger partial charge on any atom is 0.407 e. The fourth-order valence-corrected chi connectivity index (χ4v) is 1.80. The number of hydrogen-bond donors (Lipinski definition) is 2. The molecule has 0 aliphatic carbocycles. The summed E-state index contributed by atoms with van der Waals surface area (Å²) >= 11 is 0. The van der Waals surface area contributed by atoms with Gasteiger partial charge in [-0.2, -0.15) is 0 Å². The van der Waals surface area contributed by atoms with Crippen molar-refractivity contribution in [3.8, 4) is 0 Å². The summed E-state index contributed by atoms with van der Waals surface area (Å²) < 4.78 is 23.5. The van der Waals surface area contributed by atoms with Gasteiger partial charge in [0.05, 0.1) is 6.42 Å². The lowest BCUT2D eigenvalue weighted by Gasteiger charge is -2.19. The number of carbonyl (C=O) groups is 3. The Kier molecular flexibility index (Phi) is 7.55. The predicted octanol–water partition coefficient (Wildman–Crippen LogP) is 2.92. The van der Waals surface area contributed by atoms with E-state index in [-0.39, 0.29) is 18.7 Å². The molecular weight excluding hydrogens is 343 g/mol. The molecule has 0 saturated heterocycles. The van der Waals surface area contributed by atoms with Gasteiger partial charge in [-0.1, -0.05) is 6.07 Å². The summed E-state index contributed by atoms with van der Waals surface area (Å²) in [4.78, 5) is 35.1. The van der Waals surface area contributed by atoms with Gasteiger partial charge in [-0.05, 0) is 52.3 Å². The minimum absolute atomic E-state index is 0.0191. The van der Waals surface area contributed by atoms with Crippen molar-refractivity contribution in [2.75, 3.05) is 11.9 Å². The van der Waals surface area contributed by atoms with Gasteiger partial charge in [0.25, 0.3) is 5.91 Å². The number of carbonyl (C=O) groups excluding carboxylic acids is 3. The van der Waals surface area contributed by atoms with Crippen LogP contribution in [-0.2, 0) is 19.1 Å². The lowest BCUT2D eigenvalue weighted by Crippen LogP contribution is -2.35. The molecule has 7 nitrogen and oxygen atoms in total. The Labute approximate surface area is 152 Å². The van der Waals surface area contributed by atoms with E-state index in [4.69, 9.17) is 9.47 Å². The fraction of sp³-hybridized carbons (Fsp3) is 0.500. The molecule has 8 heteroatoms. The van der Waals surface area contributed by atoms with Crippen LogP contribution in [0.3, 0.4) is 0 Å². The highest BCUT2D eigenvalue weighted by Gasteiger charge is 2.19. The molecule has 0 saturated carbocycles. The summed E-state index contributed by atoms with van der Waals surface area (Å²) in [6, 6.07) is 4.27. The number of rotatable bonds is 6. The molecule has 2 amide bonds. The first kappa shape index (κ1) is 21.4. The predicted molar refractivity (Wildman–Crippen MR) is 94.2 cm³/mol. The maximum absolute atomic E-state index is 13.5. The topological polar surface area (TPSA) is 93.7 Å². The number of ether oxygens (including phenoxy) is 2. The van der Waals surface area contributed by atoms with E-state index >= 15 is 0 Å². The molecule has 1 rings (SSSR count). The first-order valence-corrected chi connectivity index (χ1v) is 8.21. The minimum atomic E-state index is -1.06. The van der Waals surface area contributed by atoms with Crippen molar-refractivity contribution >= 4 is 23.7 Å². The van der Waals surface area contributed by atoms with Gasteiger partial charge in [-0.3, -0.25) is 9.59 Å². The highest BCUT2D eigenvalue weighted by Crippen LogP contribution is 2.14. The van der Waals surface area contributed by atoms with E-state index in [1.165, 1.54) is 19.1 Å². The number of benzene rings is 1. The van der Waals surface area contributed by atoms with Crippen molar-refractivity contribution < 1.29 is 28.2 Å². The number of nitrogens with one attached hydrogen (secondary N) is 2. The molecule has 144 valence electrons. The van der Waals surface area contributed by atoms with Crippen LogP contribution >= 0.6 is 0 Å². The lowest BCUT2D eigenvalue weighted by molar-refractivity contribution is -0.153. The van der Waals surface area contributed by atoms with Gasteiger partial charge >= 0.3 is 12.1 Å². The van der Waals surface area contributed by atoms with E-state index in [0.717, 1.165) is 0 Å². The van der Waals surface area contributed by atoms with Crippen LogP contribution in [0.5, 0.6) is 0 Å². The third-order valence-electron chi connectivity index (χ3n) is 3.11. The van der Waals surface area contributed by atoms with Gasteiger partial charge in [-0.25, -0.2) is 9.18 Å². The second kappa shape index (κ2) is 9.17. The second-order valence-electron chi connectivity index (χ2n) is 6.76. The Balaban J connectivity index is 2.37. The van der Waals surface area contributed by atoms with Gasteiger partial charge in [0.2, 0.25) is 0 Å². The number of esters is 1. The average Bonchev–Trinajstić information content (AvgIpc) is 2.49. The van der Waals surface area contributed by atoms with Gasteiger partial charge in [0, 0.05) is 12.2 Å². The number of alkyl carbamates (subject to hydrolysis) is 1. The Morgan fingerprint density at radius 3 is 2.46 bits per heavy atom. The number of anilines is 1. The van der Waals surface area contributed by atoms with Crippen LogP contribution in [-0.4, -0.2) is 36.2 Å². The Hall–Kier alpha value is -2.64. The lowest BCUT2D eigenvalue weighted by atomic mass is 10.2. The van der Waals surface area contributed by atoms with Crippen LogP contribution in [0.25, 0.3) is 0 Å². The van der Waals surface area contributed by atoms with Crippen molar-refractivity contribution in [1.29, 1.82) is 0 Å². The smallest absolute Gasteiger partial charge is 0.407 e.